The third-order valence-corrected chi connectivity index (χ3v) is 7.93. The molecule has 0 N–H and O–H groups in total. The van der Waals surface area contributed by atoms with Crippen molar-refractivity contribution in [3.63, 3.8) is 0 Å². The third kappa shape index (κ3) is 1.64. The molecule has 9 rings (SSSR count). The molecular formula is C31H18N2. The van der Waals surface area contributed by atoms with Crippen molar-refractivity contribution in [2.24, 2.45) is 0 Å². The normalized spacial score (nSPS) is 13.0. The molecule has 0 unspecified atom stereocenters. The fraction of sp³-hybridized carbons (Fsp3) is 0.0323. The van der Waals surface area contributed by atoms with Crippen LogP contribution in [0.4, 0.5) is 0 Å². The van der Waals surface area contributed by atoms with E-state index in [1.54, 1.807) is 0 Å². The second kappa shape index (κ2) is 5.19. The number of hydrogen-bond donors (Lipinski definition) is 0. The minimum atomic E-state index is 1.29. The Morgan fingerprint density at radius 1 is 0.394 bits per heavy atom. The van der Waals surface area contributed by atoms with Gasteiger partial charge in [0.25, 0.3) is 0 Å². The van der Waals surface area contributed by atoms with E-state index in [1.807, 2.05) is 0 Å². The lowest BCUT2D eigenvalue weighted by molar-refractivity contribution is 1.31. The minimum absolute atomic E-state index is 1.29. The maximum atomic E-state index is 2.51. The van der Waals surface area contributed by atoms with Gasteiger partial charge in [0.15, 0.2) is 0 Å². The molecule has 5 aromatic carbocycles. The summed E-state index contributed by atoms with van der Waals surface area (Å²) in [6.07, 6.45) is 0. The second-order valence-electron chi connectivity index (χ2n) is 9.40. The molecule has 152 valence electrons. The van der Waals surface area contributed by atoms with E-state index >= 15 is 0 Å². The summed E-state index contributed by atoms with van der Waals surface area (Å²) in [5.41, 5.74) is 9.28. The van der Waals surface area contributed by atoms with E-state index in [9.17, 15) is 0 Å². The first-order valence-corrected chi connectivity index (χ1v) is 11.6. The van der Waals surface area contributed by atoms with Gasteiger partial charge in [0.1, 0.15) is 0 Å². The Hall–Kier alpha value is -4.30. The van der Waals surface area contributed by atoms with E-state index in [4.69, 9.17) is 0 Å². The van der Waals surface area contributed by atoms with Crippen LogP contribution in [-0.4, -0.2) is 8.80 Å². The van der Waals surface area contributed by atoms with Gasteiger partial charge in [-0.05, 0) is 30.7 Å². The Morgan fingerprint density at radius 2 is 0.788 bits per heavy atom. The highest BCUT2D eigenvalue weighted by molar-refractivity contribution is 6.29. The smallest absolute Gasteiger partial charge is 0.0620 e. The number of aryl methyl sites for hydroxylation is 1. The number of hydrogen-bond acceptors (Lipinski definition) is 0. The van der Waals surface area contributed by atoms with Gasteiger partial charge in [0, 0.05) is 43.1 Å². The fourth-order valence-corrected chi connectivity index (χ4v) is 6.72. The third-order valence-electron chi connectivity index (χ3n) is 7.93. The van der Waals surface area contributed by atoms with Crippen LogP contribution < -0.4 is 0 Å². The van der Waals surface area contributed by atoms with Crippen molar-refractivity contribution in [1.29, 1.82) is 0 Å². The Kier molecular flexibility index (Phi) is 2.57. The number of nitrogens with zero attached hydrogens (tertiary/aromatic N) is 2. The molecule has 4 heterocycles. The van der Waals surface area contributed by atoms with Gasteiger partial charge in [0.2, 0.25) is 0 Å². The van der Waals surface area contributed by atoms with Gasteiger partial charge in [0.05, 0.1) is 33.1 Å². The van der Waals surface area contributed by atoms with Gasteiger partial charge in [-0.15, -0.1) is 0 Å². The topological polar surface area (TPSA) is 8.82 Å². The number of aromatic nitrogens is 2. The molecule has 0 atom stereocenters. The molecule has 0 bridgehead atoms. The van der Waals surface area contributed by atoms with E-state index in [0.717, 1.165) is 0 Å². The molecule has 0 aliphatic heterocycles. The van der Waals surface area contributed by atoms with Crippen molar-refractivity contribution in [3.8, 4) is 0 Å². The van der Waals surface area contributed by atoms with E-state index in [2.05, 4.69) is 107 Å². The molecule has 0 amide bonds. The summed E-state index contributed by atoms with van der Waals surface area (Å²) >= 11 is 0. The molecule has 2 heteroatoms. The van der Waals surface area contributed by atoms with Gasteiger partial charge in [-0.1, -0.05) is 72.8 Å². The molecular weight excluding hydrogens is 400 g/mol. The quantitative estimate of drug-likeness (QED) is 0.234. The molecule has 2 nitrogen and oxygen atoms in total. The van der Waals surface area contributed by atoms with E-state index < -0.39 is 0 Å². The minimum Gasteiger partial charge on any atom is -0.308 e. The maximum Gasteiger partial charge on any atom is 0.0620 e. The van der Waals surface area contributed by atoms with E-state index in [1.165, 1.54) is 81.8 Å². The molecule has 0 spiro atoms. The van der Waals surface area contributed by atoms with Crippen LogP contribution in [0, 0.1) is 6.92 Å². The summed E-state index contributed by atoms with van der Waals surface area (Å²) in [4.78, 5) is 0. The summed E-state index contributed by atoms with van der Waals surface area (Å²) in [6.45, 7) is 2.32. The summed E-state index contributed by atoms with van der Waals surface area (Å²) < 4.78 is 5.02. The number of rotatable bonds is 0. The van der Waals surface area contributed by atoms with Crippen LogP contribution in [0.25, 0.3) is 76.2 Å². The molecule has 0 radical (unpaired) electrons. The summed E-state index contributed by atoms with van der Waals surface area (Å²) in [5.74, 6) is 0. The lowest BCUT2D eigenvalue weighted by Gasteiger charge is -2.06. The van der Waals surface area contributed by atoms with Gasteiger partial charge in [-0.25, -0.2) is 0 Å². The van der Waals surface area contributed by atoms with Crippen LogP contribution in [0.1, 0.15) is 5.56 Å². The zero-order valence-corrected chi connectivity index (χ0v) is 18.1. The Labute approximate surface area is 188 Å². The van der Waals surface area contributed by atoms with Gasteiger partial charge in [-0.3, -0.25) is 0 Å². The first-order valence-electron chi connectivity index (χ1n) is 11.6. The Morgan fingerprint density at radius 3 is 1.27 bits per heavy atom. The first-order chi connectivity index (χ1) is 16.3. The van der Waals surface area contributed by atoms with Crippen LogP contribution >= 0.6 is 0 Å². The molecule has 0 aliphatic rings. The van der Waals surface area contributed by atoms with Crippen LogP contribution in [-0.2, 0) is 0 Å². The van der Waals surface area contributed by atoms with Crippen molar-refractivity contribution in [2.45, 2.75) is 6.92 Å². The fourth-order valence-electron chi connectivity index (χ4n) is 6.72. The van der Waals surface area contributed by atoms with Crippen molar-refractivity contribution < 1.29 is 0 Å². The maximum absolute atomic E-state index is 2.51. The first kappa shape index (κ1) is 16.3. The molecule has 0 saturated heterocycles. The highest BCUT2D eigenvalue weighted by atomic mass is 14.9. The second-order valence-corrected chi connectivity index (χ2v) is 9.40. The average Bonchev–Trinajstić information content (AvgIpc) is 3.57. The van der Waals surface area contributed by atoms with Crippen molar-refractivity contribution >= 4 is 76.2 Å². The number of para-hydroxylation sites is 4. The van der Waals surface area contributed by atoms with Gasteiger partial charge in [-0.2, -0.15) is 0 Å². The molecule has 0 fully saturated rings. The highest BCUT2D eigenvalue weighted by Crippen LogP contribution is 2.45. The summed E-state index contributed by atoms with van der Waals surface area (Å²) in [7, 11) is 0. The van der Waals surface area contributed by atoms with Crippen molar-refractivity contribution in [3.05, 3.63) is 96.6 Å². The predicted octanol–water partition coefficient (Wildman–Crippen LogP) is 8.30. The van der Waals surface area contributed by atoms with Crippen molar-refractivity contribution in [1.82, 2.24) is 8.80 Å². The molecule has 33 heavy (non-hydrogen) atoms. The lowest BCUT2D eigenvalue weighted by Crippen LogP contribution is -1.89. The zero-order valence-electron chi connectivity index (χ0n) is 18.1. The summed E-state index contributed by atoms with van der Waals surface area (Å²) in [6, 6.07) is 33.6. The van der Waals surface area contributed by atoms with E-state index in [0.29, 0.717) is 0 Å². The van der Waals surface area contributed by atoms with Crippen LogP contribution in [0.15, 0.2) is 91.0 Å². The number of benzene rings is 5. The highest BCUT2D eigenvalue weighted by Gasteiger charge is 2.23. The Balaban J connectivity index is 1.68. The van der Waals surface area contributed by atoms with Gasteiger partial charge >= 0.3 is 0 Å². The van der Waals surface area contributed by atoms with Crippen LogP contribution in [0.2, 0.25) is 0 Å². The number of fused-ring (bicyclic) bond motifs is 12. The zero-order chi connectivity index (χ0) is 21.4. The van der Waals surface area contributed by atoms with Crippen molar-refractivity contribution in [2.75, 3.05) is 0 Å². The van der Waals surface area contributed by atoms with Crippen LogP contribution in [0.5, 0.6) is 0 Å². The van der Waals surface area contributed by atoms with E-state index in [-0.39, 0.29) is 0 Å². The lowest BCUT2D eigenvalue weighted by atomic mass is 10.0. The standard InChI is InChI=1S/C31H18N2/c1-17-28-24(22-12-6-10-20-18-8-2-4-14-26(18)32(28)30(20)22)16-25-23-13-7-11-21-19-9-3-5-15-27(19)33(29(17)25)31(21)23/h2-16H,1H3. The predicted molar refractivity (Wildman–Crippen MR) is 140 cm³/mol. The summed E-state index contributed by atoms with van der Waals surface area (Å²) in [5, 5.41) is 10.7. The SMILES string of the molecule is Cc1c2c(cc3c4cccc5c6ccccc6n(c13)c54)c1cccc3c4ccccc4n2c31. The monoisotopic (exact) mass is 418 g/mol. The largest absolute Gasteiger partial charge is 0.308 e. The molecule has 9 aromatic rings. The molecule has 0 saturated carbocycles. The molecule has 0 aliphatic carbocycles. The van der Waals surface area contributed by atoms with Crippen LogP contribution in [0.3, 0.4) is 0 Å². The molecule has 4 aromatic heterocycles. The Bertz CT molecular complexity index is 2080. The average molecular weight is 418 g/mol. The van der Waals surface area contributed by atoms with Gasteiger partial charge < -0.3 is 8.80 Å².